The maximum absolute atomic E-state index is 12.5. The molecule has 0 aromatic carbocycles. The molecule has 3 aromatic heterocycles. The van der Waals surface area contributed by atoms with Crippen LogP contribution in [-0.2, 0) is 10.8 Å². The number of nitrogens with one attached hydrogen (secondary N) is 3. The largest absolute Gasteiger partial charge is 0.347 e. The first-order valence-corrected chi connectivity index (χ1v) is 9.51. The van der Waals surface area contributed by atoms with E-state index in [0.29, 0.717) is 33.1 Å². The average molecular weight is 372 g/mol. The van der Waals surface area contributed by atoms with E-state index in [1.165, 1.54) is 0 Å². The maximum atomic E-state index is 12.5. The molecule has 0 aliphatic rings. The summed E-state index contributed by atoms with van der Waals surface area (Å²) in [7, 11) is -1.13. The van der Waals surface area contributed by atoms with Gasteiger partial charge in [-0.25, -0.2) is 9.97 Å². The maximum Gasteiger partial charge on any atom is 0.255 e. The average Bonchev–Trinajstić information content (AvgIpc) is 2.97. The Morgan fingerprint density at radius 3 is 2.69 bits per heavy atom. The van der Waals surface area contributed by atoms with Crippen LogP contribution in [0, 0.1) is 0 Å². The van der Waals surface area contributed by atoms with Crippen molar-refractivity contribution < 1.29 is 9.00 Å². The zero-order valence-corrected chi connectivity index (χ0v) is 15.8. The zero-order valence-electron chi connectivity index (χ0n) is 15.0. The summed E-state index contributed by atoms with van der Waals surface area (Å²) in [5.41, 5.74) is 1.71. The topological polar surface area (TPSA) is 113 Å². The van der Waals surface area contributed by atoms with Crippen LogP contribution >= 0.6 is 0 Å². The van der Waals surface area contributed by atoms with Crippen LogP contribution in [0.5, 0.6) is 0 Å². The first-order valence-electron chi connectivity index (χ1n) is 7.95. The third-order valence-electron chi connectivity index (χ3n) is 3.43. The van der Waals surface area contributed by atoms with E-state index in [1.807, 2.05) is 20.8 Å². The van der Waals surface area contributed by atoms with Gasteiger partial charge in [-0.15, -0.1) is 0 Å². The van der Waals surface area contributed by atoms with Gasteiger partial charge in [-0.1, -0.05) is 0 Å². The SMILES string of the molecule is CS(=O)c1cncc(Nc2cnc3[nH]cc(C(=O)NC(C)(C)C)c3n2)c1. The van der Waals surface area contributed by atoms with Gasteiger partial charge in [0.15, 0.2) is 5.65 Å². The number of anilines is 2. The summed E-state index contributed by atoms with van der Waals surface area (Å²) in [5.74, 6) is 0.239. The molecule has 0 fully saturated rings. The molecular formula is C17H20N6O2S. The highest BCUT2D eigenvalue weighted by Gasteiger charge is 2.19. The summed E-state index contributed by atoms with van der Waals surface area (Å²) in [4.78, 5) is 28.9. The lowest BCUT2D eigenvalue weighted by molar-refractivity contribution is 0.0921. The van der Waals surface area contributed by atoms with E-state index in [2.05, 4.69) is 30.6 Å². The Bertz CT molecular complexity index is 992. The minimum Gasteiger partial charge on any atom is -0.347 e. The van der Waals surface area contributed by atoms with E-state index in [-0.39, 0.29) is 11.4 Å². The van der Waals surface area contributed by atoms with Crippen LogP contribution in [0.15, 0.2) is 35.7 Å². The van der Waals surface area contributed by atoms with Crippen molar-refractivity contribution in [3.63, 3.8) is 0 Å². The summed E-state index contributed by atoms with van der Waals surface area (Å²) in [6.45, 7) is 5.74. The molecule has 1 unspecified atom stereocenters. The van der Waals surface area contributed by atoms with Gasteiger partial charge < -0.3 is 15.6 Å². The first kappa shape index (κ1) is 18.0. The molecule has 1 amide bonds. The fourth-order valence-corrected chi connectivity index (χ4v) is 2.83. The lowest BCUT2D eigenvalue weighted by atomic mass is 10.1. The Labute approximate surface area is 153 Å². The highest BCUT2D eigenvalue weighted by atomic mass is 32.2. The molecule has 3 aromatic rings. The molecule has 0 aliphatic heterocycles. The fourth-order valence-electron chi connectivity index (χ4n) is 2.32. The molecule has 3 N–H and O–H groups in total. The Morgan fingerprint density at radius 1 is 1.23 bits per heavy atom. The van der Waals surface area contributed by atoms with Crippen molar-refractivity contribution in [3.05, 3.63) is 36.4 Å². The molecule has 0 aliphatic carbocycles. The molecule has 0 radical (unpaired) electrons. The van der Waals surface area contributed by atoms with Gasteiger partial charge in [0.25, 0.3) is 5.91 Å². The molecule has 26 heavy (non-hydrogen) atoms. The van der Waals surface area contributed by atoms with Crippen molar-refractivity contribution in [1.82, 2.24) is 25.3 Å². The molecule has 136 valence electrons. The number of carbonyl (C=O) groups excluding carboxylic acids is 1. The number of amides is 1. The van der Waals surface area contributed by atoms with Gasteiger partial charge in [0.05, 0.1) is 39.3 Å². The molecule has 0 bridgehead atoms. The van der Waals surface area contributed by atoms with Crippen molar-refractivity contribution in [2.75, 3.05) is 11.6 Å². The standard InChI is InChI=1S/C17H20N6O2S/c1-17(2,3)23-16(24)12-8-19-15-14(12)22-13(9-20-15)21-10-5-11(26(4)25)7-18-6-10/h5-9H,1-4H3,(H,19,20)(H,21,22)(H,23,24). The highest BCUT2D eigenvalue weighted by Crippen LogP contribution is 2.20. The smallest absolute Gasteiger partial charge is 0.255 e. The number of hydrogen-bond acceptors (Lipinski definition) is 6. The number of aromatic amines is 1. The van der Waals surface area contributed by atoms with Crippen LogP contribution < -0.4 is 10.6 Å². The molecule has 3 heterocycles. The quantitative estimate of drug-likeness (QED) is 0.648. The Kier molecular flexibility index (Phi) is 4.73. The van der Waals surface area contributed by atoms with Gasteiger partial charge in [-0.2, -0.15) is 0 Å². The zero-order chi connectivity index (χ0) is 18.9. The number of hydrogen-bond donors (Lipinski definition) is 3. The van der Waals surface area contributed by atoms with Gasteiger partial charge in [0.2, 0.25) is 0 Å². The summed E-state index contributed by atoms with van der Waals surface area (Å²) in [6.07, 6.45) is 7.90. The first-order chi connectivity index (χ1) is 12.2. The van der Waals surface area contributed by atoms with Gasteiger partial charge in [-0.3, -0.25) is 14.0 Å². The van der Waals surface area contributed by atoms with E-state index in [1.54, 1.807) is 37.1 Å². The summed E-state index contributed by atoms with van der Waals surface area (Å²) < 4.78 is 11.6. The van der Waals surface area contributed by atoms with Gasteiger partial charge in [0, 0.05) is 24.2 Å². The van der Waals surface area contributed by atoms with E-state index in [9.17, 15) is 9.00 Å². The van der Waals surface area contributed by atoms with Crippen molar-refractivity contribution >= 4 is 39.4 Å². The second-order valence-electron chi connectivity index (χ2n) is 6.85. The lowest BCUT2D eigenvalue weighted by Gasteiger charge is -2.20. The Morgan fingerprint density at radius 2 is 2.00 bits per heavy atom. The van der Waals surface area contributed by atoms with Crippen molar-refractivity contribution in [1.29, 1.82) is 0 Å². The number of pyridine rings is 1. The third kappa shape index (κ3) is 4.05. The van der Waals surface area contributed by atoms with Crippen LogP contribution in [0.3, 0.4) is 0 Å². The minimum absolute atomic E-state index is 0.222. The summed E-state index contributed by atoms with van der Waals surface area (Å²) >= 11 is 0. The molecule has 8 nitrogen and oxygen atoms in total. The summed E-state index contributed by atoms with van der Waals surface area (Å²) in [6, 6.07) is 1.74. The Hall–Kier alpha value is -2.81. The van der Waals surface area contributed by atoms with E-state index < -0.39 is 10.8 Å². The van der Waals surface area contributed by atoms with Gasteiger partial charge >= 0.3 is 0 Å². The normalized spacial score (nSPS) is 12.8. The predicted molar refractivity (Wildman–Crippen MR) is 101 cm³/mol. The minimum atomic E-state index is -1.13. The van der Waals surface area contributed by atoms with E-state index in [0.717, 1.165) is 0 Å². The highest BCUT2D eigenvalue weighted by molar-refractivity contribution is 7.84. The number of fused-ring (bicyclic) bond motifs is 1. The molecule has 9 heteroatoms. The van der Waals surface area contributed by atoms with E-state index in [4.69, 9.17) is 0 Å². The summed E-state index contributed by atoms with van der Waals surface area (Å²) in [5, 5.41) is 5.99. The fraction of sp³-hybridized carbons (Fsp3) is 0.294. The van der Waals surface area contributed by atoms with Crippen molar-refractivity contribution in [2.45, 2.75) is 31.2 Å². The van der Waals surface area contributed by atoms with Gasteiger partial charge in [-0.05, 0) is 26.8 Å². The monoisotopic (exact) mass is 372 g/mol. The van der Waals surface area contributed by atoms with Crippen LogP contribution in [0.25, 0.3) is 11.2 Å². The van der Waals surface area contributed by atoms with Crippen molar-refractivity contribution in [2.24, 2.45) is 0 Å². The van der Waals surface area contributed by atoms with Crippen LogP contribution in [0.1, 0.15) is 31.1 Å². The number of nitrogens with zero attached hydrogens (tertiary/aromatic N) is 3. The number of aromatic nitrogens is 4. The second-order valence-corrected chi connectivity index (χ2v) is 8.23. The molecular weight excluding hydrogens is 352 g/mol. The molecule has 0 saturated heterocycles. The lowest BCUT2D eigenvalue weighted by Crippen LogP contribution is -2.40. The van der Waals surface area contributed by atoms with Crippen molar-refractivity contribution in [3.8, 4) is 0 Å². The van der Waals surface area contributed by atoms with Gasteiger partial charge in [0.1, 0.15) is 11.3 Å². The van der Waals surface area contributed by atoms with Crippen LogP contribution in [-0.4, -0.2) is 41.8 Å². The van der Waals surface area contributed by atoms with Crippen LogP contribution in [0.2, 0.25) is 0 Å². The second kappa shape index (κ2) is 6.83. The predicted octanol–water partition coefficient (Wildman–Crippen LogP) is 2.36. The molecule has 3 rings (SSSR count). The number of rotatable bonds is 4. The number of H-pyrrole nitrogens is 1. The number of carbonyl (C=O) groups is 1. The third-order valence-corrected chi connectivity index (χ3v) is 4.32. The van der Waals surface area contributed by atoms with E-state index >= 15 is 0 Å². The molecule has 0 saturated carbocycles. The molecule has 1 atom stereocenters. The molecule has 0 spiro atoms. The van der Waals surface area contributed by atoms with Crippen LogP contribution in [0.4, 0.5) is 11.5 Å². The Balaban J connectivity index is 1.91.